The van der Waals surface area contributed by atoms with Gasteiger partial charge in [-0.1, -0.05) is 29.3 Å². The van der Waals surface area contributed by atoms with Crippen LogP contribution in [-0.4, -0.2) is 12.1 Å². The standard InChI is InChI=1S/C14H14Cl2N2O2/c1-19-13-4-2-3-11(18-13)8-20-14-9(7-17)5-10(15)6-12(14)16/h2-6H,7-8,17H2,1H3. The van der Waals surface area contributed by atoms with Gasteiger partial charge < -0.3 is 15.2 Å². The molecular formula is C14H14Cl2N2O2. The molecule has 0 radical (unpaired) electrons. The fourth-order valence-electron chi connectivity index (χ4n) is 1.72. The largest absolute Gasteiger partial charge is 0.485 e. The molecule has 1 aromatic carbocycles. The molecule has 0 amide bonds. The number of nitrogens with two attached hydrogens (primary N) is 1. The Labute approximate surface area is 127 Å². The molecule has 2 aromatic rings. The van der Waals surface area contributed by atoms with Crippen molar-refractivity contribution in [3.8, 4) is 11.6 Å². The summed E-state index contributed by atoms with van der Waals surface area (Å²) in [6.07, 6.45) is 0. The van der Waals surface area contributed by atoms with Crippen LogP contribution in [0.3, 0.4) is 0 Å². The molecule has 2 N–H and O–H groups in total. The first-order valence-electron chi connectivity index (χ1n) is 5.94. The summed E-state index contributed by atoms with van der Waals surface area (Å²) in [4.78, 5) is 4.26. The SMILES string of the molecule is COc1cccc(COc2c(Cl)cc(Cl)cc2CN)n1. The Balaban J connectivity index is 2.18. The number of methoxy groups -OCH3 is 1. The zero-order valence-electron chi connectivity index (χ0n) is 10.9. The predicted octanol–water partition coefficient (Wildman–Crippen LogP) is 3.43. The van der Waals surface area contributed by atoms with E-state index in [9.17, 15) is 0 Å². The number of halogens is 2. The molecule has 4 nitrogen and oxygen atoms in total. The molecule has 0 aliphatic rings. The summed E-state index contributed by atoms with van der Waals surface area (Å²) in [5, 5.41) is 0.961. The number of hydrogen-bond acceptors (Lipinski definition) is 4. The highest BCUT2D eigenvalue weighted by Gasteiger charge is 2.10. The second-order valence-electron chi connectivity index (χ2n) is 4.04. The summed E-state index contributed by atoms with van der Waals surface area (Å²) in [5.41, 5.74) is 7.16. The fraction of sp³-hybridized carbons (Fsp3) is 0.214. The van der Waals surface area contributed by atoms with Gasteiger partial charge in [-0.25, -0.2) is 4.98 Å². The molecule has 2 rings (SSSR count). The van der Waals surface area contributed by atoms with E-state index < -0.39 is 0 Å². The average Bonchev–Trinajstić information content (AvgIpc) is 2.45. The van der Waals surface area contributed by atoms with Crippen molar-refractivity contribution in [3.63, 3.8) is 0 Å². The molecule has 0 spiro atoms. The van der Waals surface area contributed by atoms with Gasteiger partial charge in [0.2, 0.25) is 5.88 Å². The third-order valence-electron chi connectivity index (χ3n) is 2.66. The molecule has 1 aromatic heterocycles. The van der Waals surface area contributed by atoms with E-state index in [1.165, 1.54) is 0 Å². The van der Waals surface area contributed by atoms with Gasteiger partial charge in [-0.15, -0.1) is 0 Å². The molecular weight excluding hydrogens is 299 g/mol. The first-order chi connectivity index (χ1) is 9.63. The third kappa shape index (κ3) is 3.54. The molecule has 0 unspecified atom stereocenters. The van der Waals surface area contributed by atoms with Crippen LogP contribution in [0.15, 0.2) is 30.3 Å². The van der Waals surface area contributed by atoms with Gasteiger partial charge in [0.25, 0.3) is 0 Å². The number of aromatic nitrogens is 1. The molecule has 20 heavy (non-hydrogen) atoms. The van der Waals surface area contributed by atoms with Crippen LogP contribution in [0.5, 0.6) is 11.6 Å². The quantitative estimate of drug-likeness (QED) is 0.919. The van der Waals surface area contributed by atoms with Gasteiger partial charge in [-0.05, 0) is 18.2 Å². The van der Waals surface area contributed by atoms with Crippen LogP contribution in [0, 0.1) is 0 Å². The third-order valence-corrected chi connectivity index (χ3v) is 3.16. The normalized spacial score (nSPS) is 10.4. The Hall–Kier alpha value is -1.49. The number of hydrogen-bond donors (Lipinski definition) is 1. The Morgan fingerprint density at radius 1 is 1.25 bits per heavy atom. The number of benzene rings is 1. The number of rotatable bonds is 5. The van der Waals surface area contributed by atoms with Crippen LogP contribution in [0.2, 0.25) is 10.0 Å². The predicted molar refractivity (Wildman–Crippen MR) is 79.5 cm³/mol. The minimum Gasteiger partial charge on any atom is -0.485 e. The van der Waals surface area contributed by atoms with Gasteiger partial charge in [-0.2, -0.15) is 0 Å². The van der Waals surface area contributed by atoms with Gasteiger partial charge in [0, 0.05) is 23.2 Å². The van der Waals surface area contributed by atoms with Crippen molar-refractivity contribution < 1.29 is 9.47 Å². The molecule has 0 aliphatic carbocycles. The minimum absolute atomic E-state index is 0.269. The number of pyridine rings is 1. The summed E-state index contributed by atoms with van der Waals surface area (Å²) in [6.45, 7) is 0.562. The lowest BCUT2D eigenvalue weighted by molar-refractivity contribution is 0.295. The maximum absolute atomic E-state index is 6.13. The Morgan fingerprint density at radius 3 is 2.75 bits per heavy atom. The fourth-order valence-corrected chi connectivity index (χ4v) is 2.31. The van der Waals surface area contributed by atoms with Crippen LogP contribution < -0.4 is 15.2 Å². The smallest absolute Gasteiger partial charge is 0.213 e. The number of nitrogens with zero attached hydrogens (tertiary/aromatic N) is 1. The van der Waals surface area contributed by atoms with E-state index in [0.717, 1.165) is 11.3 Å². The van der Waals surface area contributed by atoms with Crippen LogP contribution >= 0.6 is 23.2 Å². The van der Waals surface area contributed by atoms with Crippen molar-refractivity contribution in [1.29, 1.82) is 0 Å². The molecule has 1 heterocycles. The number of ether oxygens (including phenoxy) is 2. The maximum atomic E-state index is 6.13. The zero-order chi connectivity index (χ0) is 14.5. The van der Waals surface area contributed by atoms with E-state index in [0.29, 0.717) is 28.2 Å². The second-order valence-corrected chi connectivity index (χ2v) is 4.88. The van der Waals surface area contributed by atoms with Crippen molar-refractivity contribution in [1.82, 2.24) is 4.98 Å². The van der Waals surface area contributed by atoms with Crippen molar-refractivity contribution in [3.05, 3.63) is 51.6 Å². The lowest BCUT2D eigenvalue weighted by Gasteiger charge is -2.12. The summed E-state index contributed by atoms with van der Waals surface area (Å²) in [6, 6.07) is 8.81. The topological polar surface area (TPSA) is 57.4 Å². The molecule has 0 atom stereocenters. The first kappa shape index (κ1) is 14.9. The van der Waals surface area contributed by atoms with E-state index in [2.05, 4.69) is 4.98 Å². The molecule has 0 fully saturated rings. The molecule has 0 aliphatic heterocycles. The van der Waals surface area contributed by atoms with Crippen molar-refractivity contribution in [2.24, 2.45) is 5.73 Å². The van der Waals surface area contributed by atoms with Crippen LogP contribution in [0.4, 0.5) is 0 Å². The summed E-state index contributed by atoms with van der Waals surface area (Å²) < 4.78 is 10.8. The van der Waals surface area contributed by atoms with Crippen molar-refractivity contribution in [2.45, 2.75) is 13.2 Å². The summed E-state index contributed by atoms with van der Waals surface area (Å²) in [7, 11) is 1.57. The average molecular weight is 313 g/mol. The van der Waals surface area contributed by atoms with Crippen LogP contribution in [0.25, 0.3) is 0 Å². The van der Waals surface area contributed by atoms with Crippen molar-refractivity contribution >= 4 is 23.2 Å². The van der Waals surface area contributed by atoms with E-state index in [1.54, 1.807) is 25.3 Å². The highest BCUT2D eigenvalue weighted by molar-refractivity contribution is 6.35. The molecule has 106 valence electrons. The Kier molecular flexibility index (Phi) is 5.06. The van der Waals surface area contributed by atoms with Gasteiger partial charge in [0.05, 0.1) is 17.8 Å². The lowest BCUT2D eigenvalue weighted by atomic mass is 10.2. The van der Waals surface area contributed by atoms with E-state index in [1.807, 2.05) is 12.1 Å². The molecule has 6 heteroatoms. The second kappa shape index (κ2) is 6.79. The monoisotopic (exact) mass is 312 g/mol. The van der Waals surface area contributed by atoms with Gasteiger partial charge in [-0.3, -0.25) is 0 Å². The molecule has 0 bridgehead atoms. The maximum Gasteiger partial charge on any atom is 0.213 e. The van der Waals surface area contributed by atoms with E-state index >= 15 is 0 Å². The zero-order valence-corrected chi connectivity index (χ0v) is 12.4. The Bertz CT molecular complexity index is 606. The van der Waals surface area contributed by atoms with Crippen molar-refractivity contribution in [2.75, 3.05) is 7.11 Å². The van der Waals surface area contributed by atoms with Crippen LogP contribution in [0.1, 0.15) is 11.3 Å². The lowest BCUT2D eigenvalue weighted by Crippen LogP contribution is -2.05. The van der Waals surface area contributed by atoms with Gasteiger partial charge in [0.15, 0.2) is 0 Å². The highest BCUT2D eigenvalue weighted by Crippen LogP contribution is 2.32. The highest BCUT2D eigenvalue weighted by atomic mass is 35.5. The van der Waals surface area contributed by atoms with Gasteiger partial charge in [0.1, 0.15) is 12.4 Å². The first-order valence-corrected chi connectivity index (χ1v) is 6.70. The molecule has 0 saturated carbocycles. The minimum atomic E-state index is 0.269. The molecule has 0 saturated heterocycles. The van der Waals surface area contributed by atoms with Crippen LogP contribution in [-0.2, 0) is 13.2 Å². The van der Waals surface area contributed by atoms with E-state index in [4.69, 9.17) is 38.4 Å². The summed E-state index contributed by atoms with van der Waals surface area (Å²) in [5.74, 6) is 1.07. The van der Waals surface area contributed by atoms with E-state index in [-0.39, 0.29) is 6.61 Å². The van der Waals surface area contributed by atoms with Gasteiger partial charge >= 0.3 is 0 Å². The summed E-state index contributed by atoms with van der Waals surface area (Å²) >= 11 is 12.1. The Morgan fingerprint density at radius 2 is 2.05 bits per heavy atom.